The number of aromatic nitrogens is 7. The van der Waals surface area contributed by atoms with Crippen LogP contribution >= 0.6 is 0 Å². The van der Waals surface area contributed by atoms with Gasteiger partial charge in [0.25, 0.3) is 11.8 Å². The Bertz CT molecular complexity index is 3710. The maximum Gasteiger partial charge on any atom is 0.264 e. The Morgan fingerprint density at radius 3 is 2.33 bits per heavy atom. The lowest BCUT2D eigenvalue weighted by Crippen LogP contribution is -2.57. The molecule has 0 bridgehead atoms. The molecule has 2 aromatic carbocycles. The normalized spacial score (nSPS) is 20.1. The van der Waals surface area contributed by atoms with E-state index in [4.69, 9.17) is 15.7 Å². The molecule has 5 aromatic heterocycles. The highest BCUT2D eigenvalue weighted by Gasteiger charge is 2.46. The number of benzene rings is 2. The fourth-order valence-electron chi connectivity index (χ4n) is 12.4. The van der Waals surface area contributed by atoms with Gasteiger partial charge in [-0.2, -0.15) is 5.10 Å². The second-order valence-electron chi connectivity index (χ2n) is 21.9. The van der Waals surface area contributed by atoms with Crippen LogP contribution in [0, 0.1) is 36.3 Å². The van der Waals surface area contributed by atoms with E-state index in [0.29, 0.717) is 86.5 Å². The van der Waals surface area contributed by atoms with Crippen molar-refractivity contribution in [2.45, 2.75) is 90.0 Å². The Balaban J connectivity index is 0.592. The number of nitrogens with zero attached hydrogens (tertiary/aromatic N) is 12. The van der Waals surface area contributed by atoms with E-state index in [9.17, 15) is 24.0 Å². The smallest absolute Gasteiger partial charge is 0.264 e. The molecule has 82 heavy (non-hydrogen) atoms. The van der Waals surface area contributed by atoms with Crippen molar-refractivity contribution in [3.8, 4) is 28.8 Å². The summed E-state index contributed by atoms with van der Waals surface area (Å²) < 4.78 is 35.9. The third kappa shape index (κ3) is 10.4. The highest BCUT2D eigenvalue weighted by Crippen LogP contribution is 2.35. The van der Waals surface area contributed by atoms with E-state index in [0.717, 1.165) is 53.1 Å². The Morgan fingerprint density at radius 1 is 0.841 bits per heavy atom. The van der Waals surface area contributed by atoms with E-state index in [-0.39, 0.29) is 65.3 Å². The number of halogens is 2. The molecule has 0 radical (unpaired) electrons. The number of nitrogens with two attached hydrogens (primary N) is 1. The van der Waals surface area contributed by atoms with Crippen molar-refractivity contribution in [1.82, 2.24) is 54.3 Å². The van der Waals surface area contributed by atoms with Crippen LogP contribution in [0.4, 0.5) is 31.8 Å². The largest absolute Gasteiger partial charge is 0.384 e. The first-order valence-electron chi connectivity index (χ1n) is 27.8. The quantitative estimate of drug-likeness (QED) is 0.0957. The monoisotopic (exact) mass is 1110 g/mol. The van der Waals surface area contributed by atoms with Crippen LogP contribution in [0.5, 0.6) is 0 Å². The molecule has 22 heteroatoms. The second kappa shape index (κ2) is 22.1. The molecule has 12 rings (SSSR count). The van der Waals surface area contributed by atoms with Gasteiger partial charge in [-0.3, -0.25) is 48.3 Å². The SMILES string of the molecule is Cc1nc2ccc(-c3ccnc(N)c3)nc2n1-c1cc(F)c(N2C[C@@H](C)N(CC#Cc3ccc(N4CCC(C(=O)N5CCC(n6cc(CNc7cccc8c7C(=O)N(C7CCC(=O)NC7=O)C8=O)cn6)CC5)CC4)nc3)[C@@H](C)C2)c(F)c1. The number of piperidine rings is 3. The lowest BCUT2D eigenvalue weighted by Gasteiger charge is -2.44. The minimum atomic E-state index is -1.04. The number of pyridine rings is 3. The third-order valence-corrected chi connectivity index (χ3v) is 16.6. The van der Waals surface area contributed by atoms with Gasteiger partial charge in [-0.1, -0.05) is 17.9 Å². The molecule has 20 nitrogen and oxygen atoms in total. The Kier molecular flexibility index (Phi) is 14.4. The average Bonchev–Trinajstić information content (AvgIpc) is 4.03. The summed E-state index contributed by atoms with van der Waals surface area (Å²) in [5.41, 5.74) is 11.1. The molecular formula is C60H61F2N15O5. The predicted molar refractivity (Wildman–Crippen MR) is 303 cm³/mol. The standard InChI is InChI=1S/C60H61F2N15O5/c1-35-32-73(55-45(61)27-43(28-46(55)62)76-37(3)68-49-11-10-47(69-56(49)76)41-15-20-64-51(63)26-41)33-36(2)74(35)21-5-6-38-9-13-52(66-29-38)71-22-16-40(17-23-71)58(80)72-24-18-42(19-25-72)75-34-39(31-67-75)30-65-48-8-4-7-44-54(48)60(82)77(59(44)81)50-12-14-53(78)70-57(50)79/h4,7-11,13,15,20,26-29,31,34-36,40,42,50,65H,12,14,16-19,21-25,30,32-33H2,1-3H3,(H2,63,64)(H,70,78,79)/t35-,36+,50?. The maximum atomic E-state index is 16.2. The van der Waals surface area contributed by atoms with Crippen molar-refractivity contribution in [3.05, 3.63) is 131 Å². The number of hydrogen-bond donors (Lipinski definition) is 3. The summed E-state index contributed by atoms with van der Waals surface area (Å²) in [6, 6.07) is 17.8. The summed E-state index contributed by atoms with van der Waals surface area (Å²) in [6.45, 7) is 10.2. The van der Waals surface area contributed by atoms with E-state index in [1.165, 1.54) is 12.1 Å². The number of fused-ring (bicyclic) bond motifs is 2. The Hall–Kier alpha value is -9.10. The summed E-state index contributed by atoms with van der Waals surface area (Å²) in [5, 5.41) is 10.2. The number of likely N-dealkylation sites (tertiary alicyclic amines) is 1. The minimum absolute atomic E-state index is 0.0463. The molecule has 5 amide bonds. The number of imide groups is 2. The van der Waals surface area contributed by atoms with Gasteiger partial charge in [0.2, 0.25) is 17.7 Å². The van der Waals surface area contributed by atoms with Gasteiger partial charge in [-0.05, 0) is 101 Å². The molecule has 0 saturated carbocycles. The number of nitrogens with one attached hydrogen (secondary N) is 2. The van der Waals surface area contributed by atoms with E-state index in [1.54, 1.807) is 65.3 Å². The molecule has 420 valence electrons. The highest BCUT2D eigenvalue weighted by atomic mass is 19.1. The van der Waals surface area contributed by atoms with Crippen LogP contribution in [0.1, 0.15) is 96.1 Å². The number of carbonyl (C=O) groups excluding carboxylic acids is 5. The molecule has 5 aliphatic heterocycles. The van der Waals surface area contributed by atoms with E-state index in [1.807, 2.05) is 53.9 Å². The number of imidazole rings is 1. The number of aryl methyl sites for hydroxylation is 1. The predicted octanol–water partition coefficient (Wildman–Crippen LogP) is 6.29. The van der Waals surface area contributed by atoms with E-state index in [2.05, 4.69) is 47.3 Å². The first-order chi connectivity index (χ1) is 39.6. The first-order valence-corrected chi connectivity index (χ1v) is 27.8. The van der Waals surface area contributed by atoms with Crippen molar-refractivity contribution in [1.29, 1.82) is 0 Å². The number of anilines is 4. The van der Waals surface area contributed by atoms with E-state index >= 15 is 8.78 Å². The van der Waals surface area contributed by atoms with Gasteiger partial charge in [0.15, 0.2) is 17.3 Å². The van der Waals surface area contributed by atoms with Crippen molar-refractivity contribution in [2.24, 2.45) is 5.92 Å². The van der Waals surface area contributed by atoms with Gasteiger partial charge in [-0.25, -0.2) is 28.7 Å². The molecule has 10 heterocycles. The molecule has 7 aromatic rings. The van der Waals surface area contributed by atoms with Crippen LogP contribution < -0.4 is 26.2 Å². The summed E-state index contributed by atoms with van der Waals surface area (Å²) in [4.78, 5) is 92.3. The van der Waals surface area contributed by atoms with Crippen LogP contribution in [-0.4, -0.2) is 142 Å². The summed E-state index contributed by atoms with van der Waals surface area (Å²) in [7, 11) is 0. The molecular weight excluding hydrogens is 1050 g/mol. The van der Waals surface area contributed by atoms with Gasteiger partial charge >= 0.3 is 0 Å². The molecule has 5 aliphatic rings. The van der Waals surface area contributed by atoms with Crippen LogP contribution in [0.15, 0.2) is 91.5 Å². The van der Waals surface area contributed by atoms with Gasteiger partial charge in [0.05, 0.1) is 41.3 Å². The average molecular weight is 1110 g/mol. The van der Waals surface area contributed by atoms with Gasteiger partial charge < -0.3 is 25.8 Å². The van der Waals surface area contributed by atoms with Crippen LogP contribution in [0.25, 0.3) is 28.1 Å². The molecule has 4 N–H and O–H groups in total. The Labute approximate surface area is 471 Å². The number of hydrogen-bond acceptors (Lipinski definition) is 15. The third-order valence-electron chi connectivity index (χ3n) is 16.6. The van der Waals surface area contributed by atoms with Crippen molar-refractivity contribution < 1.29 is 32.8 Å². The lowest BCUT2D eigenvalue weighted by molar-refractivity contribution is -0.138. The topological polar surface area (TPSA) is 226 Å². The number of piperazine rings is 1. The number of carbonyl (C=O) groups is 5. The van der Waals surface area contributed by atoms with Crippen molar-refractivity contribution in [2.75, 3.05) is 66.7 Å². The molecule has 0 aliphatic carbocycles. The van der Waals surface area contributed by atoms with E-state index < -0.39 is 41.3 Å². The summed E-state index contributed by atoms with van der Waals surface area (Å²) in [6.07, 6.45) is 10.3. The lowest BCUT2D eigenvalue weighted by atomic mass is 9.93. The zero-order valence-electron chi connectivity index (χ0n) is 45.7. The molecule has 3 atom stereocenters. The maximum absolute atomic E-state index is 16.2. The van der Waals surface area contributed by atoms with Crippen LogP contribution in [0.3, 0.4) is 0 Å². The molecule has 4 saturated heterocycles. The van der Waals surface area contributed by atoms with Gasteiger partial charge in [0.1, 0.15) is 34.7 Å². The number of nitrogen functional groups attached to an aromatic ring is 1. The fourth-order valence-corrected chi connectivity index (χ4v) is 12.4. The second-order valence-corrected chi connectivity index (χ2v) is 21.9. The van der Waals surface area contributed by atoms with Crippen LogP contribution in [0.2, 0.25) is 0 Å². The Morgan fingerprint density at radius 2 is 1.61 bits per heavy atom. The molecule has 4 fully saturated rings. The zero-order valence-corrected chi connectivity index (χ0v) is 45.7. The first kappa shape index (κ1) is 53.5. The van der Waals surface area contributed by atoms with Gasteiger partial charge in [0, 0.05) is 123 Å². The van der Waals surface area contributed by atoms with Crippen molar-refractivity contribution >= 4 is 63.7 Å². The zero-order chi connectivity index (χ0) is 56.9. The highest BCUT2D eigenvalue weighted by molar-refractivity contribution is 6.25. The number of amides is 5. The number of rotatable bonds is 11. The molecule has 0 spiro atoms. The summed E-state index contributed by atoms with van der Waals surface area (Å²) in [5.74, 6) is 4.90. The van der Waals surface area contributed by atoms with Crippen molar-refractivity contribution in [3.63, 3.8) is 0 Å². The minimum Gasteiger partial charge on any atom is -0.384 e. The fraction of sp³-hybridized carbons (Fsp3) is 0.367. The van der Waals surface area contributed by atoms with Gasteiger partial charge in [-0.15, -0.1) is 0 Å². The molecule has 1 unspecified atom stereocenters. The summed E-state index contributed by atoms with van der Waals surface area (Å²) >= 11 is 0. The van der Waals surface area contributed by atoms with Crippen LogP contribution in [-0.2, 0) is 20.9 Å².